The van der Waals surface area contributed by atoms with Gasteiger partial charge in [-0.3, -0.25) is 9.59 Å². The maximum atomic E-state index is 12.6. The second kappa shape index (κ2) is 6.42. The first-order valence-electron chi connectivity index (χ1n) is 7.78. The molecular weight excluding hydrogens is 252 g/mol. The van der Waals surface area contributed by atoms with Gasteiger partial charge in [-0.2, -0.15) is 0 Å². The Labute approximate surface area is 121 Å². The molecule has 0 aromatic rings. The maximum absolute atomic E-state index is 12.6. The zero-order valence-electron chi connectivity index (χ0n) is 12.6. The maximum Gasteiger partial charge on any atom is 0.246 e. The number of carbonyl (C=O) groups excluding carboxylic acids is 2. The van der Waals surface area contributed by atoms with Crippen LogP contribution in [0.4, 0.5) is 0 Å². The van der Waals surface area contributed by atoms with Crippen LogP contribution in [0.25, 0.3) is 0 Å². The largest absolute Gasteiger partial charge is 0.342 e. The van der Waals surface area contributed by atoms with Crippen molar-refractivity contribution in [3.8, 4) is 0 Å². The van der Waals surface area contributed by atoms with Gasteiger partial charge in [0.15, 0.2) is 0 Å². The monoisotopic (exact) mass is 278 g/mol. The van der Waals surface area contributed by atoms with E-state index < -0.39 is 0 Å². The Kier molecular flexibility index (Phi) is 4.84. The molecule has 1 saturated heterocycles. The van der Waals surface area contributed by atoms with E-state index in [0.717, 1.165) is 25.7 Å². The van der Waals surface area contributed by atoms with Crippen LogP contribution >= 0.6 is 0 Å². The van der Waals surface area contributed by atoms with Crippen molar-refractivity contribution in [2.75, 3.05) is 6.54 Å². The van der Waals surface area contributed by atoms with Crippen LogP contribution in [0.15, 0.2) is 12.7 Å². The van der Waals surface area contributed by atoms with Gasteiger partial charge < -0.3 is 10.2 Å². The first kappa shape index (κ1) is 15.1. The second-order valence-corrected chi connectivity index (χ2v) is 6.35. The van der Waals surface area contributed by atoms with Gasteiger partial charge in [-0.1, -0.05) is 39.2 Å². The molecule has 1 aliphatic carbocycles. The number of carbonyl (C=O) groups is 2. The number of hydrogen-bond donors (Lipinski definition) is 1. The first-order chi connectivity index (χ1) is 9.56. The molecule has 0 spiro atoms. The molecule has 112 valence electrons. The summed E-state index contributed by atoms with van der Waals surface area (Å²) >= 11 is 0. The molecule has 1 heterocycles. The lowest BCUT2D eigenvalue weighted by atomic mass is 9.81. The smallest absolute Gasteiger partial charge is 0.246 e. The van der Waals surface area contributed by atoms with Crippen LogP contribution < -0.4 is 5.32 Å². The molecule has 2 amide bonds. The third-order valence-electron chi connectivity index (χ3n) is 4.54. The molecule has 0 radical (unpaired) electrons. The highest BCUT2D eigenvalue weighted by Gasteiger charge is 2.44. The fraction of sp³-hybridized carbons (Fsp3) is 0.750. The van der Waals surface area contributed by atoms with Gasteiger partial charge >= 0.3 is 0 Å². The van der Waals surface area contributed by atoms with Crippen LogP contribution in [0, 0.1) is 11.8 Å². The van der Waals surface area contributed by atoms with E-state index >= 15 is 0 Å². The Morgan fingerprint density at radius 3 is 2.50 bits per heavy atom. The van der Waals surface area contributed by atoms with E-state index in [4.69, 9.17) is 0 Å². The lowest BCUT2D eigenvalue weighted by Crippen LogP contribution is -2.66. The Bertz CT molecular complexity index is 386. The van der Waals surface area contributed by atoms with E-state index in [1.54, 1.807) is 11.0 Å². The average Bonchev–Trinajstić information content (AvgIpc) is 2.43. The standard InChI is InChI=1S/C16H26N2O2/c1-4-10-18-14(12-8-6-5-7-9-12)15(19)17-13(11(2)3)16(18)20/h4,11-14H,1,5-10H2,2-3H3,(H,17,19). The second-order valence-electron chi connectivity index (χ2n) is 6.35. The molecular formula is C16H26N2O2. The summed E-state index contributed by atoms with van der Waals surface area (Å²) in [6, 6.07) is -0.682. The van der Waals surface area contributed by atoms with Crippen molar-refractivity contribution in [3.05, 3.63) is 12.7 Å². The Morgan fingerprint density at radius 1 is 1.30 bits per heavy atom. The predicted molar refractivity (Wildman–Crippen MR) is 79.0 cm³/mol. The number of nitrogens with one attached hydrogen (secondary N) is 1. The normalized spacial score (nSPS) is 28.6. The number of nitrogens with zero attached hydrogens (tertiary/aromatic N) is 1. The molecule has 2 unspecified atom stereocenters. The van der Waals surface area contributed by atoms with Gasteiger partial charge in [0.25, 0.3) is 0 Å². The molecule has 1 aliphatic heterocycles. The lowest BCUT2D eigenvalue weighted by Gasteiger charge is -2.44. The van der Waals surface area contributed by atoms with Crippen molar-refractivity contribution in [2.45, 2.75) is 58.0 Å². The zero-order valence-corrected chi connectivity index (χ0v) is 12.6. The van der Waals surface area contributed by atoms with Crippen molar-refractivity contribution < 1.29 is 9.59 Å². The average molecular weight is 278 g/mol. The van der Waals surface area contributed by atoms with E-state index in [1.807, 2.05) is 13.8 Å². The fourth-order valence-corrected chi connectivity index (χ4v) is 3.47. The van der Waals surface area contributed by atoms with Crippen molar-refractivity contribution >= 4 is 11.8 Å². The molecule has 2 atom stereocenters. The molecule has 0 aromatic heterocycles. The summed E-state index contributed by atoms with van der Waals surface area (Å²) in [7, 11) is 0. The highest BCUT2D eigenvalue weighted by molar-refractivity contribution is 5.97. The van der Waals surface area contributed by atoms with Crippen molar-refractivity contribution in [3.63, 3.8) is 0 Å². The Hall–Kier alpha value is -1.32. The van der Waals surface area contributed by atoms with Crippen LogP contribution in [-0.2, 0) is 9.59 Å². The number of amides is 2. The topological polar surface area (TPSA) is 49.4 Å². The fourth-order valence-electron chi connectivity index (χ4n) is 3.47. The molecule has 1 saturated carbocycles. The molecule has 20 heavy (non-hydrogen) atoms. The SMILES string of the molecule is C=CCN1C(=O)C(C(C)C)NC(=O)C1C1CCCCC1. The quantitative estimate of drug-likeness (QED) is 0.801. The molecule has 0 aromatic carbocycles. The third-order valence-corrected chi connectivity index (χ3v) is 4.54. The number of piperazine rings is 1. The molecule has 4 nitrogen and oxygen atoms in total. The summed E-state index contributed by atoms with van der Waals surface area (Å²) in [4.78, 5) is 26.9. The van der Waals surface area contributed by atoms with Crippen molar-refractivity contribution in [2.24, 2.45) is 11.8 Å². The minimum absolute atomic E-state index is 0.0250. The minimum Gasteiger partial charge on any atom is -0.342 e. The van der Waals surface area contributed by atoms with Crippen molar-refractivity contribution in [1.29, 1.82) is 0 Å². The third kappa shape index (κ3) is 2.89. The molecule has 2 rings (SSSR count). The Balaban J connectivity index is 2.22. The lowest BCUT2D eigenvalue weighted by molar-refractivity contribution is -0.152. The summed E-state index contributed by atoms with van der Waals surface area (Å²) in [6.45, 7) is 8.14. The van der Waals surface area contributed by atoms with Gasteiger partial charge in [0, 0.05) is 6.54 Å². The van der Waals surface area contributed by atoms with E-state index in [2.05, 4.69) is 11.9 Å². The summed E-state index contributed by atoms with van der Waals surface area (Å²) in [5, 5.41) is 2.94. The van der Waals surface area contributed by atoms with E-state index in [1.165, 1.54) is 6.42 Å². The van der Waals surface area contributed by atoms with Gasteiger partial charge in [0.05, 0.1) is 0 Å². The summed E-state index contributed by atoms with van der Waals surface area (Å²) in [5.74, 6) is 0.499. The van der Waals surface area contributed by atoms with Crippen LogP contribution in [0.1, 0.15) is 46.0 Å². The van der Waals surface area contributed by atoms with Crippen LogP contribution in [0.3, 0.4) is 0 Å². The molecule has 0 bridgehead atoms. The molecule has 1 N–H and O–H groups in total. The van der Waals surface area contributed by atoms with Crippen LogP contribution in [0.2, 0.25) is 0 Å². The minimum atomic E-state index is -0.387. The number of hydrogen-bond acceptors (Lipinski definition) is 2. The molecule has 2 fully saturated rings. The highest BCUT2D eigenvalue weighted by atomic mass is 16.2. The first-order valence-corrected chi connectivity index (χ1v) is 7.78. The van der Waals surface area contributed by atoms with Gasteiger partial charge in [-0.25, -0.2) is 0 Å². The zero-order chi connectivity index (χ0) is 14.7. The summed E-state index contributed by atoms with van der Waals surface area (Å²) in [5.41, 5.74) is 0. The predicted octanol–water partition coefficient (Wildman–Crippen LogP) is 2.10. The van der Waals surface area contributed by atoms with Gasteiger partial charge in [0.1, 0.15) is 12.1 Å². The van der Waals surface area contributed by atoms with Gasteiger partial charge in [-0.05, 0) is 24.7 Å². The van der Waals surface area contributed by atoms with Crippen LogP contribution in [0.5, 0.6) is 0 Å². The van der Waals surface area contributed by atoms with Gasteiger partial charge in [-0.15, -0.1) is 6.58 Å². The summed E-state index contributed by atoms with van der Waals surface area (Å²) in [6.07, 6.45) is 7.39. The van der Waals surface area contributed by atoms with Gasteiger partial charge in [0.2, 0.25) is 11.8 Å². The highest BCUT2D eigenvalue weighted by Crippen LogP contribution is 2.31. The molecule has 2 aliphatic rings. The van der Waals surface area contributed by atoms with E-state index in [-0.39, 0.29) is 29.8 Å². The van der Waals surface area contributed by atoms with Crippen LogP contribution in [-0.4, -0.2) is 35.3 Å². The molecule has 4 heteroatoms. The van der Waals surface area contributed by atoms with E-state index in [9.17, 15) is 9.59 Å². The number of rotatable bonds is 4. The Morgan fingerprint density at radius 2 is 1.95 bits per heavy atom. The summed E-state index contributed by atoms with van der Waals surface area (Å²) < 4.78 is 0. The van der Waals surface area contributed by atoms with Crippen molar-refractivity contribution in [1.82, 2.24) is 10.2 Å². The van der Waals surface area contributed by atoms with E-state index in [0.29, 0.717) is 12.5 Å².